The van der Waals surface area contributed by atoms with Crippen molar-refractivity contribution in [1.82, 2.24) is 5.32 Å². The Balaban J connectivity index is 2.24. The molecular weight excluding hydrogens is 326 g/mol. The van der Waals surface area contributed by atoms with E-state index in [4.69, 9.17) is 4.74 Å². The average molecular weight is 357 g/mol. The number of rotatable bonds is 6. The molecule has 1 saturated carbocycles. The average Bonchev–Trinajstić information content (AvgIpc) is 2.65. The number of hydrogen-bond donors (Lipinski definition) is 2. The van der Waals surface area contributed by atoms with Crippen molar-refractivity contribution >= 4 is 5.97 Å². The van der Waals surface area contributed by atoms with Gasteiger partial charge in [0.05, 0.1) is 6.54 Å². The van der Waals surface area contributed by atoms with Crippen molar-refractivity contribution in [1.29, 1.82) is 0 Å². The van der Waals surface area contributed by atoms with Crippen molar-refractivity contribution in [2.24, 2.45) is 5.92 Å². The van der Waals surface area contributed by atoms with Crippen LogP contribution in [0.2, 0.25) is 0 Å². The third kappa shape index (κ3) is 5.09. The van der Waals surface area contributed by atoms with Crippen LogP contribution in [0.15, 0.2) is 30.3 Å². The SMILES string of the molecule is CCNCC#CC(C)(C)OC(=O)[C@](O)(c1ccccc1)C1CCCCC1. The molecule has 4 heteroatoms. The molecule has 1 fully saturated rings. The van der Waals surface area contributed by atoms with E-state index in [0.717, 1.165) is 38.6 Å². The molecule has 0 aliphatic heterocycles. The van der Waals surface area contributed by atoms with Crippen LogP contribution in [0.1, 0.15) is 58.4 Å². The molecular formula is C22H31NO3. The van der Waals surface area contributed by atoms with E-state index in [1.165, 1.54) is 0 Å². The first-order valence-electron chi connectivity index (χ1n) is 9.62. The molecule has 2 rings (SSSR count). The number of nitrogens with one attached hydrogen (secondary N) is 1. The fourth-order valence-electron chi connectivity index (χ4n) is 3.51. The zero-order valence-electron chi connectivity index (χ0n) is 16.2. The molecule has 1 aromatic carbocycles. The molecule has 1 aromatic rings. The van der Waals surface area contributed by atoms with Crippen LogP contribution in [0, 0.1) is 17.8 Å². The van der Waals surface area contributed by atoms with Crippen LogP contribution in [0.5, 0.6) is 0 Å². The van der Waals surface area contributed by atoms with E-state index >= 15 is 0 Å². The van der Waals surface area contributed by atoms with E-state index in [1.807, 2.05) is 25.1 Å². The normalized spacial score (nSPS) is 17.7. The van der Waals surface area contributed by atoms with Crippen LogP contribution >= 0.6 is 0 Å². The topological polar surface area (TPSA) is 58.6 Å². The fraction of sp³-hybridized carbons (Fsp3) is 0.591. The number of esters is 1. The first-order chi connectivity index (χ1) is 12.4. The summed E-state index contributed by atoms with van der Waals surface area (Å²) < 4.78 is 5.70. The van der Waals surface area contributed by atoms with Gasteiger partial charge >= 0.3 is 5.97 Å². The predicted octanol–water partition coefficient (Wildman–Crippen LogP) is 3.39. The van der Waals surface area contributed by atoms with Crippen molar-refractivity contribution in [3.05, 3.63) is 35.9 Å². The summed E-state index contributed by atoms with van der Waals surface area (Å²) in [5.41, 5.74) is -1.97. The number of aliphatic hydroxyl groups is 1. The van der Waals surface area contributed by atoms with Crippen LogP contribution in [-0.2, 0) is 15.1 Å². The number of carbonyl (C=O) groups is 1. The van der Waals surface area contributed by atoms with Gasteiger partial charge in [0, 0.05) is 5.92 Å². The van der Waals surface area contributed by atoms with Gasteiger partial charge in [-0.25, -0.2) is 4.79 Å². The van der Waals surface area contributed by atoms with Crippen LogP contribution < -0.4 is 5.32 Å². The Morgan fingerprint density at radius 3 is 2.50 bits per heavy atom. The van der Waals surface area contributed by atoms with Crippen molar-refractivity contribution in [2.45, 2.75) is 64.1 Å². The predicted molar refractivity (Wildman–Crippen MR) is 103 cm³/mol. The van der Waals surface area contributed by atoms with E-state index in [0.29, 0.717) is 12.1 Å². The second-order valence-corrected chi connectivity index (χ2v) is 7.45. The Labute approximate surface area is 157 Å². The zero-order chi connectivity index (χ0) is 19.0. The van der Waals surface area contributed by atoms with Gasteiger partial charge in [-0.3, -0.25) is 0 Å². The summed E-state index contributed by atoms with van der Waals surface area (Å²) >= 11 is 0. The lowest BCUT2D eigenvalue weighted by molar-refractivity contribution is -0.184. The van der Waals surface area contributed by atoms with Gasteiger partial charge in [-0.2, -0.15) is 0 Å². The molecule has 0 radical (unpaired) electrons. The Morgan fingerprint density at radius 1 is 1.23 bits per heavy atom. The maximum atomic E-state index is 13.1. The Kier molecular flexibility index (Phi) is 7.25. The van der Waals surface area contributed by atoms with Gasteiger partial charge in [0.15, 0.2) is 11.2 Å². The molecule has 0 bridgehead atoms. The molecule has 1 atom stereocenters. The first-order valence-corrected chi connectivity index (χ1v) is 9.62. The van der Waals surface area contributed by atoms with Gasteiger partial charge in [-0.15, -0.1) is 0 Å². The summed E-state index contributed by atoms with van der Waals surface area (Å²) in [4.78, 5) is 13.1. The third-order valence-electron chi connectivity index (χ3n) is 4.92. The zero-order valence-corrected chi connectivity index (χ0v) is 16.2. The van der Waals surface area contributed by atoms with Crippen LogP contribution in [0.4, 0.5) is 0 Å². The Bertz CT molecular complexity index is 638. The summed E-state index contributed by atoms with van der Waals surface area (Å²) in [5, 5.41) is 14.6. The Morgan fingerprint density at radius 2 is 1.88 bits per heavy atom. The quantitative estimate of drug-likeness (QED) is 0.465. The fourth-order valence-corrected chi connectivity index (χ4v) is 3.51. The van der Waals surface area contributed by atoms with Gasteiger partial charge in [0.25, 0.3) is 0 Å². The van der Waals surface area contributed by atoms with Crippen molar-refractivity contribution < 1.29 is 14.6 Å². The summed E-state index contributed by atoms with van der Waals surface area (Å²) in [6, 6.07) is 9.18. The molecule has 0 saturated heterocycles. The number of benzene rings is 1. The molecule has 26 heavy (non-hydrogen) atoms. The van der Waals surface area contributed by atoms with E-state index < -0.39 is 17.2 Å². The van der Waals surface area contributed by atoms with E-state index in [-0.39, 0.29) is 5.92 Å². The molecule has 2 N–H and O–H groups in total. The van der Waals surface area contributed by atoms with E-state index in [2.05, 4.69) is 17.2 Å². The van der Waals surface area contributed by atoms with Crippen LogP contribution in [0.3, 0.4) is 0 Å². The molecule has 0 aromatic heterocycles. The van der Waals surface area contributed by atoms with Crippen LogP contribution in [-0.4, -0.2) is 29.8 Å². The highest BCUT2D eigenvalue weighted by molar-refractivity contribution is 5.82. The van der Waals surface area contributed by atoms with Gasteiger partial charge < -0.3 is 15.2 Å². The largest absolute Gasteiger partial charge is 0.444 e. The molecule has 0 spiro atoms. The number of ether oxygens (including phenoxy) is 1. The minimum absolute atomic E-state index is 0.128. The maximum Gasteiger partial charge on any atom is 0.344 e. The monoisotopic (exact) mass is 357 g/mol. The number of hydrogen-bond acceptors (Lipinski definition) is 4. The highest BCUT2D eigenvalue weighted by atomic mass is 16.6. The molecule has 4 nitrogen and oxygen atoms in total. The lowest BCUT2D eigenvalue weighted by Gasteiger charge is -2.38. The highest BCUT2D eigenvalue weighted by Crippen LogP contribution is 2.41. The highest BCUT2D eigenvalue weighted by Gasteiger charge is 2.48. The van der Waals surface area contributed by atoms with Crippen molar-refractivity contribution in [2.75, 3.05) is 13.1 Å². The van der Waals surface area contributed by atoms with Crippen molar-refractivity contribution in [3.8, 4) is 11.8 Å². The second-order valence-electron chi connectivity index (χ2n) is 7.45. The molecule has 142 valence electrons. The smallest absolute Gasteiger partial charge is 0.344 e. The lowest BCUT2D eigenvalue weighted by Crippen LogP contribution is -2.47. The van der Waals surface area contributed by atoms with Gasteiger partial charge in [-0.05, 0) is 38.8 Å². The van der Waals surface area contributed by atoms with E-state index in [9.17, 15) is 9.90 Å². The first kappa shape index (κ1) is 20.5. The Hall–Kier alpha value is -1.83. The standard InChI is InChI=1S/C22H31NO3/c1-4-23-17-11-16-21(2,3)26-20(24)22(25,18-12-7-5-8-13-18)19-14-9-6-10-15-19/h5,7-8,12-13,19,23,25H,4,6,9-10,14-15,17H2,1-3H3/t22-/m0/s1. The van der Waals surface area contributed by atoms with Crippen molar-refractivity contribution in [3.63, 3.8) is 0 Å². The number of carbonyl (C=O) groups excluding carboxylic acids is 1. The molecule has 0 unspecified atom stereocenters. The van der Waals surface area contributed by atoms with Gasteiger partial charge in [-0.1, -0.05) is 68.4 Å². The van der Waals surface area contributed by atoms with Crippen LogP contribution in [0.25, 0.3) is 0 Å². The molecule has 1 aliphatic carbocycles. The third-order valence-corrected chi connectivity index (χ3v) is 4.92. The summed E-state index contributed by atoms with van der Waals surface area (Å²) in [6.07, 6.45) is 4.86. The minimum Gasteiger partial charge on any atom is -0.444 e. The summed E-state index contributed by atoms with van der Waals surface area (Å²) in [7, 11) is 0. The minimum atomic E-state index is -1.62. The summed E-state index contributed by atoms with van der Waals surface area (Å²) in [6.45, 7) is 6.91. The van der Waals surface area contributed by atoms with Gasteiger partial charge in [0.1, 0.15) is 0 Å². The molecule has 1 aliphatic rings. The maximum absolute atomic E-state index is 13.1. The molecule has 0 heterocycles. The lowest BCUT2D eigenvalue weighted by atomic mass is 9.73. The second kappa shape index (κ2) is 9.21. The summed E-state index contributed by atoms with van der Waals surface area (Å²) in [5.74, 6) is 5.24. The van der Waals surface area contributed by atoms with E-state index in [1.54, 1.807) is 26.0 Å². The molecule has 0 amide bonds. The van der Waals surface area contributed by atoms with Gasteiger partial charge in [0.2, 0.25) is 0 Å².